The van der Waals surface area contributed by atoms with Gasteiger partial charge < -0.3 is 10.6 Å². The summed E-state index contributed by atoms with van der Waals surface area (Å²) in [6.45, 7) is 0. The Hall–Kier alpha value is -2.88. The third kappa shape index (κ3) is 3.54. The van der Waals surface area contributed by atoms with E-state index in [0.717, 1.165) is 0 Å². The van der Waals surface area contributed by atoms with Gasteiger partial charge in [0.1, 0.15) is 6.07 Å². The van der Waals surface area contributed by atoms with Gasteiger partial charge in [0, 0.05) is 0 Å². The fourth-order valence-electron chi connectivity index (χ4n) is 1.97. The molecule has 0 fully saturated rings. The van der Waals surface area contributed by atoms with Gasteiger partial charge in [0.15, 0.2) is 5.82 Å². The van der Waals surface area contributed by atoms with Gasteiger partial charge in [0.2, 0.25) is 5.95 Å². The summed E-state index contributed by atoms with van der Waals surface area (Å²) < 4.78 is 0. The normalized spacial score (nSPS) is 10.0. The summed E-state index contributed by atoms with van der Waals surface area (Å²) in [6.07, 6.45) is 1.45. The molecule has 24 heavy (non-hydrogen) atoms. The van der Waals surface area contributed by atoms with Gasteiger partial charge >= 0.3 is 0 Å². The highest BCUT2D eigenvalue weighted by Gasteiger charge is 2.09. The predicted molar refractivity (Wildman–Crippen MR) is 94.0 cm³/mol. The Bertz CT molecular complexity index is 902. The second-order valence-electron chi connectivity index (χ2n) is 4.67. The molecule has 0 saturated carbocycles. The summed E-state index contributed by atoms with van der Waals surface area (Å²) in [5, 5.41) is 23.8. The average Bonchev–Trinajstić information content (AvgIpc) is 2.59. The number of rotatable bonds is 4. The summed E-state index contributed by atoms with van der Waals surface area (Å²) in [7, 11) is 0. The first-order valence-electron chi connectivity index (χ1n) is 6.84. The first kappa shape index (κ1) is 16.0. The van der Waals surface area contributed by atoms with Gasteiger partial charge in [-0.3, -0.25) is 0 Å². The Labute approximate surface area is 148 Å². The lowest BCUT2D eigenvalue weighted by atomic mass is 10.2. The molecule has 2 aromatic carbocycles. The molecule has 0 saturated heterocycles. The third-order valence-corrected chi connectivity index (χ3v) is 3.70. The molecule has 6 nitrogen and oxygen atoms in total. The first-order chi connectivity index (χ1) is 11.7. The van der Waals surface area contributed by atoms with E-state index in [2.05, 4.69) is 31.9 Å². The van der Waals surface area contributed by atoms with E-state index in [9.17, 15) is 0 Å². The number of hydrogen-bond acceptors (Lipinski definition) is 6. The summed E-state index contributed by atoms with van der Waals surface area (Å²) >= 11 is 12.2. The number of benzene rings is 2. The van der Waals surface area contributed by atoms with Crippen molar-refractivity contribution in [2.75, 3.05) is 10.6 Å². The van der Waals surface area contributed by atoms with Crippen LogP contribution in [-0.2, 0) is 0 Å². The van der Waals surface area contributed by atoms with Crippen molar-refractivity contribution >= 4 is 46.3 Å². The Morgan fingerprint density at radius 2 is 1.71 bits per heavy atom. The number of nitrogens with zero attached hydrogens (tertiary/aromatic N) is 4. The molecule has 8 heteroatoms. The summed E-state index contributed by atoms with van der Waals surface area (Å²) in [4.78, 5) is 4.30. The first-order valence-corrected chi connectivity index (χ1v) is 7.60. The van der Waals surface area contributed by atoms with Crippen LogP contribution in [0.5, 0.6) is 0 Å². The van der Waals surface area contributed by atoms with Crippen LogP contribution >= 0.6 is 23.2 Å². The maximum absolute atomic E-state index is 9.13. The molecule has 0 amide bonds. The van der Waals surface area contributed by atoms with Gasteiger partial charge in [-0.25, -0.2) is 0 Å². The summed E-state index contributed by atoms with van der Waals surface area (Å²) in [5.74, 6) is 0.655. The number of nitrogens with one attached hydrogen (secondary N) is 2. The number of anilines is 4. The van der Waals surface area contributed by atoms with Gasteiger partial charge in [0.25, 0.3) is 0 Å². The van der Waals surface area contributed by atoms with Crippen LogP contribution in [0, 0.1) is 11.3 Å². The molecule has 0 aliphatic rings. The Kier molecular flexibility index (Phi) is 4.75. The maximum Gasteiger partial charge on any atom is 0.249 e. The number of para-hydroxylation sites is 2. The highest BCUT2D eigenvalue weighted by atomic mass is 35.5. The van der Waals surface area contributed by atoms with E-state index in [1.165, 1.54) is 6.20 Å². The number of hydrogen-bond donors (Lipinski definition) is 2. The zero-order valence-electron chi connectivity index (χ0n) is 12.2. The fraction of sp³-hybridized carbons (Fsp3) is 0. The van der Waals surface area contributed by atoms with Crippen molar-refractivity contribution in [3.8, 4) is 6.07 Å². The molecular weight excluding hydrogens is 347 g/mol. The Morgan fingerprint density at radius 1 is 0.958 bits per heavy atom. The van der Waals surface area contributed by atoms with E-state index >= 15 is 0 Å². The Balaban J connectivity index is 1.86. The zero-order valence-corrected chi connectivity index (χ0v) is 13.7. The minimum absolute atomic E-state index is 0.226. The van der Waals surface area contributed by atoms with E-state index in [1.807, 2.05) is 6.07 Å². The highest BCUT2D eigenvalue weighted by molar-refractivity contribution is 6.39. The fourth-order valence-corrected chi connectivity index (χ4v) is 2.47. The van der Waals surface area contributed by atoms with Crippen LogP contribution in [0.2, 0.25) is 10.0 Å². The minimum Gasteiger partial charge on any atom is -0.338 e. The molecular formula is C16H10Cl2N6. The van der Waals surface area contributed by atoms with Crippen molar-refractivity contribution in [1.82, 2.24) is 15.2 Å². The molecule has 3 aromatic rings. The lowest BCUT2D eigenvalue weighted by Crippen LogP contribution is -2.03. The molecule has 3 rings (SSSR count). The third-order valence-electron chi connectivity index (χ3n) is 3.07. The average molecular weight is 357 g/mol. The standard InChI is InChI=1S/C16H10Cl2N6/c17-11-5-3-6-12(18)15(11)23-16-22-14(9-20-24-16)21-13-7-2-1-4-10(13)8-19/h1-7,9H,(H2,21,22,23,24). The molecule has 0 aliphatic heterocycles. The maximum atomic E-state index is 9.13. The van der Waals surface area contributed by atoms with E-state index in [4.69, 9.17) is 28.5 Å². The predicted octanol–water partition coefficient (Wildman–Crippen LogP) is 4.54. The molecule has 0 spiro atoms. The SMILES string of the molecule is N#Cc1ccccc1Nc1cnnc(Nc2c(Cl)cccc2Cl)n1. The van der Waals surface area contributed by atoms with Crippen molar-refractivity contribution in [2.24, 2.45) is 0 Å². The van der Waals surface area contributed by atoms with E-state index < -0.39 is 0 Å². The van der Waals surface area contributed by atoms with Crippen molar-refractivity contribution in [3.63, 3.8) is 0 Å². The monoisotopic (exact) mass is 356 g/mol. The van der Waals surface area contributed by atoms with Crippen molar-refractivity contribution in [2.45, 2.75) is 0 Å². The molecule has 0 aliphatic carbocycles. The van der Waals surface area contributed by atoms with Crippen LogP contribution in [0.3, 0.4) is 0 Å². The quantitative estimate of drug-likeness (QED) is 0.713. The molecule has 1 heterocycles. The van der Waals surface area contributed by atoms with Crippen molar-refractivity contribution in [3.05, 3.63) is 64.3 Å². The number of halogens is 2. The van der Waals surface area contributed by atoms with Crippen LogP contribution in [0.15, 0.2) is 48.7 Å². The Morgan fingerprint density at radius 3 is 2.46 bits per heavy atom. The smallest absolute Gasteiger partial charge is 0.249 e. The highest BCUT2D eigenvalue weighted by Crippen LogP contribution is 2.31. The largest absolute Gasteiger partial charge is 0.338 e. The molecule has 1 aromatic heterocycles. The molecule has 0 atom stereocenters. The molecule has 118 valence electrons. The van der Waals surface area contributed by atoms with Crippen LogP contribution in [0.25, 0.3) is 0 Å². The van der Waals surface area contributed by atoms with Crippen LogP contribution < -0.4 is 10.6 Å². The van der Waals surface area contributed by atoms with Gasteiger partial charge in [0.05, 0.1) is 33.2 Å². The topological polar surface area (TPSA) is 86.5 Å². The van der Waals surface area contributed by atoms with Crippen LogP contribution in [0.1, 0.15) is 5.56 Å². The lowest BCUT2D eigenvalue weighted by molar-refractivity contribution is 0.982. The second-order valence-corrected chi connectivity index (χ2v) is 5.48. The second kappa shape index (κ2) is 7.13. The van der Waals surface area contributed by atoms with Crippen LogP contribution in [-0.4, -0.2) is 15.2 Å². The van der Waals surface area contributed by atoms with Crippen molar-refractivity contribution in [1.29, 1.82) is 5.26 Å². The molecule has 0 unspecified atom stereocenters. The zero-order chi connectivity index (χ0) is 16.9. The van der Waals surface area contributed by atoms with E-state index in [-0.39, 0.29) is 5.95 Å². The minimum atomic E-state index is 0.226. The summed E-state index contributed by atoms with van der Waals surface area (Å²) in [5.41, 5.74) is 1.62. The van der Waals surface area contributed by atoms with Gasteiger partial charge in [-0.15, -0.1) is 5.10 Å². The number of aromatic nitrogens is 3. The lowest BCUT2D eigenvalue weighted by Gasteiger charge is -2.10. The summed E-state index contributed by atoms with van der Waals surface area (Å²) in [6, 6.07) is 14.3. The number of nitriles is 1. The van der Waals surface area contributed by atoms with E-state index in [0.29, 0.717) is 32.8 Å². The van der Waals surface area contributed by atoms with Crippen molar-refractivity contribution < 1.29 is 0 Å². The van der Waals surface area contributed by atoms with Crippen LogP contribution in [0.4, 0.5) is 23.1 Å². The van der Waals surface area contributed by atoms with Gasteiger partial charge in [-0.2, -0.15) is 15.3 Å². The molecule has 2 N–H and O–H groups in total. The van der Waals surface area contributed by atoms with E-state index in [1.54, 1.807) is 36.4 Å². The molecule has 0 radical (unpaired) electrons. The van der Waals surface area contributed by atoms with Gasteiger partial charge in [-0.1, -0.05) is 41.4 Å². The molecule has 0 bridgehead atoms. The van der Waals surface area contributed by atoms with Gasteiger partial charge in [-0.05, 0) is 24.3 Å².